The van der Waals surface area contributed by atoms with E-state index < -0.39 is 0 Å². The van der Waals surface area contributed by atoms with Crippen LogP contribution in [0.5, 0.6) is 0 Å². The van der Waals surface area contributed by atoms with Crippen LogP contribution in [-0.2, 0) is 0 Å². The van der Waals surface area contributed by atoms with Gasteiger partial charge in [-0.3, -0.25) is 9.79 Å². The molecule has 0 aliphatic carbocycles. The van der Waals surface area contributed by atoms with Gasteiger partial charge in [-0.2, -0.15) is 0 Å². The van der Waals surface area contributed by atoms with Gasteiger partial charge in [-0.05, 0) is 12.1 Å². The van der Waals surface area contributed by atoms with Crippen molar-refractivity contribution in [2.24, 2.45) is 4.99 Å². The lowest BCUT2D eigenvalue weighted by Crippen LogP contribution is -2.07. The number of hydrogen-bond acceptors (Lipinski definition) is 3. The summed E-state index contributed by atoms with van der Waals surface area (Å²) in [5.41, 5.74) is 1.04. The smallest absolute Gasteiger partial charge is 0.201 e. The highest BCUT2D eigenvalue weighted by atomic mass is 16.3. The van der Waals surface area contributed by atoms with Gasteiger partial charge in [0.15, 0.2) is 0 Å². The maximum Gasteiger partial charge on any atom is 0.201 e. The first-order chi connectivity index (χ1) is 6.83. The Morgan fingerprint density at radius 2 is 2.14 bits per heavy atom. The molecule has 3 nitrogen and oxygen atoms in total. The van der Waals surface area contributed by atoms with E-state index in [2.05, 4.69) is 4.99 Å². The predicted octanol–water partition coefficient (Wildman–Crippen LogP) is 1.84. The van der Waals surface area contributed by atoms with Crippen LogP contribution in [0.2, 0.25) is 0 Å². The molecule has 0 saturated carbocycles. The Labute approximate surface area is 80.7 Å². The highest BCUT2D eigenvalue weighted by Crippen LogP contribution is 2.09. The third kappa shape index (κ3) is 1.33. The van der Waals surface area contributed by atoms with Crippen LogP contribution in [0.4, 0.5) is 0 Å². The zero-order valence-corrected chi connectivity index (χ0v) is 7.73. The Hall–Kier alpha value is -1.90. The fourth-order valence-electron chi connectivity index (χ4n) is 1.32. The number of fused-ring (bicyclic) bond motifs is 1. The quantitative estimate of drug-likeness (QED) is 0.639. The van der Waals surface area contributed by atoms with Crippen molar-refractivity contribution in [2.75, 3.05) is 7.05 Å². The zero-order valence-electron chi connectivity index (χ0n) is 7.73. The number of benzene rings is 1. The molecule has 3 heteroatoms. The molecule has 0 unspecified atom stereocenters. The minimum absolute atomic E-state index is 0.0440. The molecule has 14 heavy (non-hydrogen) atoms. The van der Waals surface area contributed by atoms with Crippen LogP contribution < -0.4 is 5.43 Å². The maximum absolute atomic E-state index is 11.8. The van der Waals surface area contributed by atoms with E-state index in [1.165, 1.54) is 12.5 Å². The number of rotatable bonds is 1. The molecule has 1 aromatic carbocycles. The van der Waals surface area contributed by atoms with Crippen LogP contribution in [0.15, 0.2) is 44.7 Å². The number of para-hydroxylation sites is 1. The van der Waals surface area contributed by atoms with Crippen molar-refractivity contribution in [3.05, 3.63) is 46.3 Å². The number of hydrogen-bond donors (Lipinski definition) is 0. The largest absolute Gasteiger partial charge is 0.463 e. The second kappa shape index (κ2) is 3.46. The molecular formula is C11H9NO2. The second-order valence-corrected chi connectivity index (χ2v) is 2.90. The summed E-state index contributed by atoms with van der Waals surface area (Å²) in [6.07, 6.45) is 2.93. The molecule has 0 N–H and O–H groups in total. The number of aliphatic imine (C=N–C) groups is 1. The highest BCUT2D eigenvalue weighted by Gasteiger charge is 2.03. The van der Waals surface area contributed by atoms with E-state index in [-0.39, 0.29) is 5.43 Å². The van der Waals surface area contributed by atoms with Crippen LogP contribution in [0.25, 0.3) is 11.0 Å². The second-order valence-electron chi connectivity index (χ2n) is 2.90. The Balaban J connectivity index is 2.82. The normalized spacial score (nSPS) is 11.2. The first-order valence-electron chi connectivity index (χ1n) is 4.25. The average molecular weight is 187 g/mol. The molecule has 1 heterocycles. The van der Waals surface area contributed by atoms with Crippen molar-refractivity contribution in [3.8, 4) is 0 Å². The summed E-state index contributed by atoms with van der Waals surface area (Å²) in [5, 5.41) is 0.588. The average Bonchev–Trinajstić information content (AvgIpc) is 2.23. The Morgan fingerprint density at radius 3 is 2.93 bits per heavy atom. The Morgan fingerprint density at radius 1 is 1.36 bits per heavy atom. The molecule has 70 valence electrons. The monoisotopic (exact) mass is 187 g/mol. The molecule has 0 amide bonds. The molecule has 0 aliphatic rings. The third-order valence-electron chi connectivity index (χ3n) is 1.97. The third-order valence-corrected chi connectivity index (χ3v) is 1.97. The summed E-state index contributed by atoms with van der Waals surface area (Å²) in [6.45, 7) is 0. The van der Waals surface area contributed by atoms with E-state index in [4.69, 9.17) is 4.42 Å². The minimum Gasteiger partial charge on any atom is -0.463 e. The lowest BCUT2D eigenvalue weighted by atomic mass is 10.2. The van der Waals surface area contributed by atoms with Crippen LogP contribution in [0, 0.1) is 0 Å². The van der Waals surface area contributed by atoms with Gasteiger partial charge in [0.1, 0.15) is 11.8 Å². The van der Waals surface area contributed by atoms with Crippen molar-refractivity contribution >= 4 is 17.2 Å². The molecule has 0 saturated heterocycles. The minimum atomic E-state index is -0.0440. The molecule has 1 aromatic heterocycles. The van der Waals surface area contributed by atoms with Crippen molar-refractivity contribution in [1.82, 2.24) is 0 Å². The lowest BCUT2D eigenvalue weighted by molar-refractivity contribution is 0.601. The summed E-state index contributed by atoms with van der Waals surface area (Å²) in [6, 6.07) is 7.16. The van der Waals surface area contributed by atoms with E-state index in [0.717, 1.165) is 0 Å². The first kappa shape index (κ1) is 8.69. The van der Waals surface area contributed by atoms with Gasteiger partial charge in [-0.25, -0.2) is 0 Å². The van der Waals surface area contributed by atoms with Crippen molar-refractivity contribution in [1.29, 1.82) is 0 Å². The molecule has 2 aromatic rings. The summed E-state index contributed by atoms with van der Waals surface area (Å²) < 4.78 is 5.28. The zero-order chi connectivity index (χ0) is 9.97. The summed E-state index contributed by atoms with van der Waals surface area (Å²) >= 11 is 0. The molecule has 2 rings (SSSR count). The fraction of sp³-hybridized carbons (Fsp3) is 0.0909. The SMILES string of the molecule is CN=Cc1coc2ccccc2c1=O. The van der Waals surface area contributed by atoms with Crippen molar-refractivity contribution in [3.63, 3.8) is 0 Å². The van der Waals surface area contributed by atoms with Gasteiger partial charge in [0, 0.05) is 13.3 Å². The Kier molecular flexibility index (Phi) is 2.14. The molecule has 0 bridgehead atoms. The van der Waals surface area contributed by atoms with Gasteiger partial charge in [0.2, 0.25) is 5.43 Å². The van der Waals surface area contributed by atoms with Crippen LogP contribution in [0.1, 0.15) is 5.56 Å². The molecule has 0 fully saturated rings. The maximum atomic E-state index is 11.8. The van der Waals surface area contributed by atoms with E-state index in [1.54, 1.807) is 19.2 Å². The molecule has 0 spiro atoms. The van der Waals surface area contributed by atoms with Gasteiger partial charge < -0.3 is 4.42 Å². The van der Waals surface area contributed by atoms with Crippen molar-refractivity contribution in [2.45, 2.75) is 0 Å². The molecule has 0 atom stereocenters. The van der Waals surface area contributed by atoms with Gasteiger partial charge >= 0.3 is 0 Å². The first-order valence-corrected chi connectivity index (χ1v) is 4.25. The summed E-state index contributed by atoms with van der Waals surface area (Å²) in [5.74, 6) is 0. The van der Waals surface area contributed by atoms with Gasteiger partial charge in [-0.15, -0.1) is 0 Å². The van der Waals surface area contributed by atoms with E-state index in [0.29, 0.717) is 16.5 Å². The van der Waals surface area contributed by atoms with E-state index in [9.17, 15) is 4.79 Å². The van der Waals surface area contributed by atoms with E-state index >= 15 is 0 Å². The van der Waals surface area contributed by atoms with Gasteiger partial charge in [0.05, 0.1) is 10.9 Å². The molecule has 0 radical (unpaired) electrons. The molecular weight excluding hydrogens is 178 g/mol. The topological polar surface area (TPSA) is 42.6 Å². The Bertz CT molecular complexity index is 540. The number of nitrogens with zero attached hydrogens (tertiary/aromatic N) is 1. The standard InChI is InChI=1S/C11H9NO2/c1-12-6-8-7-14-10-5-3-2-4-9(10)11(8)13/h2-7H,1H3. The van der Waals surface area contributed by atoms with Gasteiger partial charge in [0.25, 0.3) is 0 Å². The highest BCUT2D eigenvalue weighted by molar-refractivity contribution is 5.86. The van der Waals surface area contributed by atoms with Crippen LogP contribution in [-0.4, -0.2) is 13.3 Å². The lowest BCUT2D eigenvalue weighted by Gasteiger charge is -1.96. The van der Waals surface area contributed by atoms with Crippen LogP contribution in [0.3, 0.4) is 0 Å². The molecule has 0 aliphatic heterocycles. The van der Waals surface area contributed by atoms with E-state index in [1.807, 2.05) is 12.1 Å². The predicted molar refractivity (Wildman–Crippen MR) is 56.0 cm³/mol. The summed E-state index contributed by atoms with van der Waals surface area (Å²) in [7, 11) is 1.62. The van der Waals surface area contributed by atoms with Crippen molar-refractivity contribution < 1.29 is 4.42 Å². The fourth-order valence-corrected chi connectivity index (χ4v) is 1.32. The van der Waals surface area contributed by atoms with Gasteiger partial charge in [-0.1, -0.05) is 12.1 Å². The summed E-state index contributed by atoms with van der Waals surface area (Å²) in [4.78, 5) is 15.6. The van der Waals surface area contributed by atoms with Crippen LogP contribution >= 0.6 is 0 Å².